The molecule has 3 nitrogen and oxygen atoms in total. The minimum Gasteiger partial charge on any atom is -0.490 e. The van der Waals surface area contributed by atoms with E-state index in [2.05, 4.69) is 12.1 Å². The lowest BCUT2D eigenvalue weighted by atomic mass is 10.1. The van der Waals surface area contributed by atoms with Gasteiger partial charge in [-0.2, -0.15) is 0 Å². The van der Waals surface area contributed by atoms with Crippen molar-refractivity contribution in [2.45, 2.75) is 26.4 Å². The van der Waals surface area contributed by atoms with Crippen LogP contribution in [0.2, 0.25) is 0 Å². The molecule has 2 aromatic rings. The van der Waals surface area contributed by atoms with Crippen LogP contribution in [0.25, 0.3) is 0 Å². The van der Waals surface area contributed by atoms with Crippen molar-refractivity contribution in [3.8, 4) is 11.5 Å². The van der Waals surface area contributed by atoms with E-state index >= 15 is 0 Å². The van der Waals surface area contributed by atoms with Crippen LogP contribution in [-0.4, -0.2) is 13.2 Å². The Labute approximate surface area is 126 Å². The first-order valence-electron chi connectivity index (χ1n) is 7.42. The lowest BCUT2D eigenvalue weighted by molar-refractivity contribution is 0.210. The first-order valence-corrected chi connectivity index (χ1v) is 7.42. The number of nitrogens with two attached hydrogens (primary N) is 1. The molecule has 0 saturated carbocycles. The molecule has 0 bridgehead atoms. The summed E-state index contributed by atoms with van der Waals surface area (Å²) in [5.41, 5.74) is 7.92. The Balaban J connectivity index is 2.18. The molecular formula is C18H23NO2. The van der Waals surface area contributed by atoms with Gasteiger partial charge in [0.2, 0.25) is 0 Å². The van der Waals surface area contributed by atoms with Gasteiger partial charge in [-0.3, -0.25) is 0 Å². The molecule has 21 heavy (non-hydrogen) atoms. The third kappa shape index (κ3) is 4.23. The normalized spacial score (nSPS) is 12.0. The quantitative estimate of drug-likeness (QED) is 0.843. The highest BCUT2D eigenvalue weighted by Gasteiger charge is 2.11. The molecular weight excluding hydrogens is 262 g/mol. The van der Waals surface area contributed by atoms with Crippen LogP contribution in [0.1, 0.15) is 31.1 Å². The van der Waals surface area contributed by atoms with Crippen molar-refractivity contribution in [2.24, 2.45) is 5.73 Å². The van der Waals surface area contributed by atoms with E-state index in [1.807, 2.05) is 50.2 Å². The molecule has 0 aromatic heterocycles. The predicted octanol–water partition coefficient (Wildman–Crippen LogP) is 3.73. The molecule has 112 valence electrons. The fourth-order valence-electron chi connectivity index (χ4n) is 2.22. The highest BCUT2D eigenvalue weighted by atomic mass is 16.5. The van der Waals surface area contributed by atoms with E-state index in [9.17, 15) is 0 Å². The average Bonchev–Trinajstić information content (AvgIpc) is 2.51. The summed E-state index contributed by atoms with van der Waals surface area (Å²) >= 11 is 0. The first kappa shape index (κ1) is 15.4. The van der Waals surface area contributed by atoms with Gasteiger partial charge in [-0.05, 0) is 50.1 Å². The Bertz CT molecular complexity index is 554. The van der Waals surface area contributed by atoms with Gasteiger partial charge in [-0.1, -0.05) is 36.4 Å². The van der Waals surface area contributed by atoms with Crippen molar-refractivity contribution in [3.63, 3.8) is 0 Å². The standard InChI is InChI=1S/C18H23NO2/c1-3-20-18-13-15(11-12-19)9-10-17(18)21-14(2)16-7-5-4-6-8-16/h4-10,13-14H,3,11-12,19H2,1-2H3. The van der Waals surface area contributed by atoms with Gasteiger partial charge in [0.05, 0.1) is 6.61 Å². The number of ether oxygens (including phenoxy) is 2. The van der Waals surface area contributed by atoms with Crippen LogP contribution in [0, 0.1) is 0 Å². The second-order valence-corrected chi connectivity index (χ2v) is 4.92. The van der Waals surface area contributed by atoms with E-state index in [0.717, 1.165) is 23.5 Å². The summed E-state index contributed by atoms with van der Waals surface area (Å²) in [5.74, 6) is 1.56. The maximum atomic E-state index is 6.06. The van der Waals surface area contributed by atoms with E-state index in [0.29, 0.717) is 13.2 Å². The smallest absolute Gasteiger partial charge is 0.162 e. The number of rotatable bonds is 7. The van der Waals surface area contributed by atoms with Gasteiger partial charge >= 0.3 is 0 Å². The fraction of sp³-hybridized carbons (Fsp3) is 0.333. The van der Waals surface area contributed by atoms with Gasteiger partial charge in [0.25, 0.3) is 0 Å². The lowest BCUT2D eigenvalue weighted by Gasteiger charge is -2.18. The molecule has 1 unspecified atom stereocenters. The molecule has 2 aromatic carbocycles. The molecule has 0 aliphatic rings. The number of hydrogen-bond acceptors (Lipinski definition) is 3. The molecule has 0 aliphatic carbocycles. The van der Waals surface area contributed by atoms with Gasteiger partial charge in [-0.25, -0.2) is 0 Å². The largest absolute Gasteiger partial charge is 0.490 e. The Morgan fingerprint density at radius 2 is 1.81 bits per heavy atom. The zero-order valence-corrected chi connectivity index (χ0v) is 12.7. The lowest BCUT2D eigenvalue weighted by Crippen LogP contribution is -2.06. The Hall–Kier alpha value is -2.00. The van der Waals surface area contributed by atoms with E-state index in [1.54, 1.807) is 0 Å². The van der Waals surface area contributed by atoms with Crippen LogP contribution in [0.15, 0.2) is 48.5 Å². The molecule has 0 aliphatic heterocycles. The van der Waals surface area contributed by atoms with E-state index < -0.39 is 0 Å². The third-order valence-corrected chi connectivity index (χ3v) is 3.31. The Morgan fingerprint density at radius 3 is 2.48 bits per heavy atom. The van der Waals surface area contributed by atoms with Gasteiger partial charge in [0, 0.05) is 0 Å². The summed E-state index contributed by atoms with van der Waals surface area (Å²) in [6, 6.07) is 16.2. The topological polar surface area (TPSA) is 44.5 Å². The molecule has 0 spiro atoms. The van der Waals surface area contributed by atoms with Crippen molar-refractivity contribution >= 4 is 0 Å². The van der Waals surface area contributed by atoms with Crippen molar-refractivity contribution in [3.05, 3.63) is 59.7 Å². The van der Waals surface area contributed by atoms with Gasteiger partial charge < -0.3 is 15.2 Å². The molecule has 2 rings (SSSR count). The van der Waals surface area contributed by atoms with E-state index in [-0.39, 0.29) is 6.10 Å². The van der Waals surface area contributed by atoms with Crippen LogP contribution in [0.4, 0.5) is 0 Å². The summed E-state index contributed by atoms with van der Waals surface area (Å²) in [4.78, 5) is 0. The molecule has 0 heterocycles. The molecule has 0 saturated heterocycles. The summed E-state index contributed by atoms with van der Waals surface area (Å²) in [6.07, 6.45) is 0.819. The summed E-state index contributed by atoms with van der Waals surface area (Å²) < 4.78 is 11.8. The van der Waals surface area contributed by atoms with Crippen LogP contribution < -0.4 is 15.2 Å². The van der Waals surface area contributed by atoms with Crippen molar-refractivity contribution in [1.29, 1.82) is 0 Å². The Kier molecular flexibility index (Phi) is 5.64. The average molecular weight is 285 g/mol. The molecule has 0 radical (unpaired) electrons. The molecule has 0 fully saturated rings. The zero-order chi connectivity index (χ0) is 15.1. The minimum absolute atomic E-state index is 0.0224. The second-order valence-electron chi connectivity index (χ2n) is 4.92. The highest BCUT2D eigenvalue weighted by Crippen LogP contribution is 2.32. The summed E-state index contributed by atoms with van der Waals surface area (Å²) in [5, 5.41) is 0. The molecule has 0 amide bonds. The maximum Gasteiger partial charge on any atom is 0.162 e. The van der Waals surface area contributed by atoms with E-state index in [1.165, 1.54) is 5.56 Å². The van der Waals surface area contributed by atoms with Crippen molar-refractivity contribution in [1.82, 2.24) is 0 Å². The monoisotopic (exact) mass is 285 g/mol. The second kappa shape index (κ2) is 7.70. The maximum absolute atomic E-state index is 6.06. The van der Waals surface area contributed by atoms with Crippen LogP contribution >= 0.6 is 0 Å². The number of benzene rings is 2. The zero-order valence-electron chi connectivity index (χ0n) is 12.7. The first-order chi connectivity index (χ1) is 10.2. The molecule has 1 atom stereocenters. The molecule has 3 heteroatoms. The summed E-state index contributed by atoms with van der Waals surface area (Å²) in [6.45, 7) is 5.26. The van der Waals surface area contributed by atoms with Crippen molar-refractivity contribution < 1.29 is 9.47 Å². The van der Waals surface area contributed by atoms with Crippen molar-refractivity contribution in [2.75, 3.05) is 13.2 Å². The SMILES string of the molecule is CCOc1cc(CCN)ccc1OC(C)c1ccccc1. The van der Waals surface area contributed by atoms with Crippen LogP contribution in [0.5, 0.6) is 11.5 Å². The van der Waals surface area contributed by atoms with Gasteiger partial charge in [0.1, 0.15) is 6.10 Å². The van der Waals surface area contributed by atoms with Crippen LogP contribution in [-0.2, 0) is 6.42 Å². The summed E-state index contributed by atoms with van der Waals surface area (Å²) in [7, 11) is 0. The molecule has 2 N–H and O–H groups in total. The van der Waals surface area contributed by atoms with Crippen LogP contribution in [0.3, 0.4) is 0 Å². The highest BCUT2D eigenvalue weighted by molar-refractivity contribution is 5.43. The minimum atomic E-state index is -0.0224. The predicted molar refractivity (Wildman–Crippen MR) is 85.9 cm³/mol. The Morgan fingerprint density at radius 1 is 1.05 bits per heavy atom. The van der Waals surface area contributed by atoms with Gasteiger partial charge in [0.15, 0.2) is 11.5 Å². The number of hydrogen-bond donors (Lipinski definition) is 1. The third-order valence-electron chi connectivity index (χ3n) is 3.31. The van der Waals surface area contributed by atoms with Gasteiger partial charge in [-0.15, -0.1) is 0 Å². The fourth-order valence-corrected chi connectivity index (χ4v) is 2.22. The van der Waals surface area contributed by atoms with E-state index in [4.69, 9.17) is 15.2 Å².